The first-order valence-corrected chi connectivity index (χ1v) is 16.2. The zero-order chi connectivity index (χ0) is 31.2. The van der Waals surface area contributed by atoms with Crippen molar-refractivity contribution in [2.75, 3.05) is 13.7 Å². The highest BCUT2D eigenvalue weighted by Crippen LogP contribution is 2.65. The van der Waals surface area contributed by atoms with E-state index in [1.54, 1.807) is 25.3 Å². The zero-order valence-electron chi connectivity index (χ0n) is 26.0. The lowest BCUT2D eigenvalue weighted by Crippen LogP contribution is -2.51. The summed E-state index contributed by atoms with van der Waals surface area (Å²) >= 11 is 0. The number of hydrogen-bond donors (Lipinski definition) is 3. The van der Waals surface area contributed by atoms with Crippen molar-refractivity contribution in [1.29, 1.82) is 0 Å². The number of rotatable bonds is 9. The van der Waals surface area contributed by atoms with Crippen molar-refractivity contribution in [2.45, 2.75) is 90.6 Å². The highest BCUT2D eigenvalue weighted by atomic mass is 16.5. The number of carbonyl (C=O) groups excluding carboxylic acids is 3. The van der Waals surface area contributed by atoms with Crippen LogP contribution < -0.4 is 10.1 Å². The van der Waals surface area contributed by atoms with Gasteiger partial charge in [0.1, 0.15) is 17.5 Å². The average molecular weight is 605 g/mol. The Balaban J connectivity index is 1.01. The number of fused-ring (bicyclic) bond motifs is 6. The fourth-order valence-corrected chi connectivity index (χ4v) is 9.35. The van der Waals surface area contributed by atoms with Crippen molar-refractivity contribution in [3.8, 4) is 5.75 Å². The number of methoxy groups -OCH3 is 1. The van der Waals surface area contributed by atoms with Crippen LogP contribution >= 0.6 is 0 Å². The van der Waals surface area contributed by atoms with Crippen LogP contribution in [0.2, 0.25) is 0 Å². The Morgan fingerprint density at radius 1 is 1.05 bits per heavy atom. The summed E-state index contributed by atoms with van der Waals surface area (Å²) in [5.41, 5.74) is 2.81. The first-order chi connectivity index (χ1) is 21.0. The molecule has 0 radical (unpaired) electrons. The molecule has 2 aromatic rings. The molecular formula is C35H44N2O7. The van der Waals surface area contributed by atoms with Gasteiger partial charge in [0.15, 0.2) is 5.78 Å². The molecule has 1 amide bonds. The quantitative estimate of drug-likeness (QED) is 0.310. The van der Waals surface area contributed by atoms with Crippen molar-refractivity contribution >= 4 is 34.5 Å². The van der Waals surface area contributed by atoms with Gasteiger partial charge >= 0.3 is 11.9 Å². The van der Waals surface area contributed by atoms with Crippen molar-refractivity contribution < 1.29 is 33.8 Å². The maximum absolute atomic E-state index is 12.9. The van der Waals surface area contributed by atoms with Gasteiger partial charge in [0, 0.05) is 35.7 Å². The molecule has 6 atom stereocenters. The lowest BCUT2D eigenvalue weighted by molar-refractivity contribution is -0.160. The van der Waals surface area contributed by atoms with Gasteiger partial charge in [0.25, 0.3) is 0 Å². The summed E-state index contributed by atoms with van der Waals surface area (Å²) in [4.78, 5) is 52.4. The predicted molar refractivity (Wildman–Crippen MR) is 164 cm³/mol. The van der Waals surface area contributed by atoms with Gasteiger partial charge in [0.2, 0.25) is 5.91 Å². The SMILES string of the molecule is COc1ccc2[nH]c(C(=O)O)c(CCNC(=O)CCC(=O)O[C@@H]3CC[C@@H]4[C@@H]5CCC6=CC(=O)CC[C@]6(C)[C@@H]5CC[C@@]43C)c2c1. The summed E-state index contributed by atoms with van der Waals surface area (Å²) in [6, 6.07) is 5.32. The van der Waals surface area contributed by atoms with Crippen LogP contribution in [0.15, 0.2) is 29.8 Å². The van der Waals surface area contributed by atoms with Crippen molar-refractivity contribution in [3.05, 3.63) is 41.1 Å². The molecule has 4 aliphatic rings. The topological polar surface area (TPSA) is 135 Å². The van der Waals surface area contributed by atoms with Gasteiger partial charge in [0.05, 0.1) is 13.5 Å². The van der Waals surface area contributed by atoms with E-state index < -0.39 is 5.97 Å². The van der Waals surface area contributed by atoms with Gasteiger partial charge in [-0.25, -0.2) is 4.79 Å². The molecule has 0 spiro atoms. The monoisotopic (exact) mass is 604 g/mol. The molecule has 9 nitrogen and oxygen atoms in total. The molecule has 6 rings (SSSR count). The van der Waals surface area contributed by atoms with Crippen LogP contribution in [-0.4, -0.2) is 53.5 Å². The maximum Gasteiger partial charge on any atom is 0.352 e. The van der Waals surface area contributed by atoms with Gasteiger partial charge in [-0.15, -0.1) is 0 Å². The molecule has 4 aliphatic carbocycles. The molecule has 9 heteroatoms. The number of esters is 1. The molecule has 1 aromatic heterocycles. The van der Waals surface area contributed by atoms with Crippen molar-refractivity contribution in [1.82, 2.24) is 10.3 Å². The number of benzene rings is 1. The molecule has 236 valence electrons. The number of aromatic amines is 1. The molecule has 0 unspecified atom stereocenters. The molecular weight excluding hydrogens is 560 g/mol. The van der Waals surface area contributed by atoms with Crippen molar-refractivity contribution in [2.24, 2.45) is 28.6 Å². The van der Waals surface area contributed by atoms with Crippen LogP contribution in [0, 0.1) is 28.6 Å². The predicted octanol–water partition coefficient (Wildman–Crippen LogP) is 5.76. The lowest BCUT2D eigenvalue weighted by Gasteiger charge is -2.57. The minimum Gasteiger partial charge on any atom is -0.497 e. The van der Waals surface area contributed by atoms with E-state index in [4.69, 9.17) is 9.47 Å². The number of ether oxygens (including phenoxy) is 2. The summed E-state index contributed by atoms with van der Waals surface area (Å²) in [7, 11) is 1.55. The highest BCUT2D eigenvalue weighted by molar-refractivity contribution is 5.98. The van der Waals surface area contributed by atoms with Crippen LogP contribution in [0.5, 0.6) is 5.75 Å². The number of carboxylic acid groups (broad SMARTS) is 1. The molecule has 3 N–H and O–H groups in total. The number of hydrogen-bond acceptors (Lipinski definition) is 6. The summed E-state index contributed by atoms with van der Waals surface area (Å²) in [6.45, 7) is 4.92. The molecule has 3 fully saturated rings. The van der Waals surface area contributed by atoms with E-state index in [1.807, 2.05) is 6.08 Å². The van der Waals surface area contributed by atoms with Crippen LogP contribution in [0.4, 0.5) is 0 Å². The number of allylic oxidation sites excluding steroid dienone is 1. The van der Waals surface area contributed by atoms with Crippen LogP contribution in [0.1, 0.15) is 94.1 Å². The fraction of sp³-hybridized carbons (Fsp3) is 0.600. The van der Waals surface area contributed by atoms with Crippen molar-refractivity contribution in [3.63, 3.8) is 0 Å². The molecule has 44 heavy (non-hydrogen) atoms. The van der Waals surface area contributed by atoms with E-state index in [2.05, 4.69) is 24.1 Å². The number of carboxylic acids is 1. The lowest BCUT2D eigenvalue weighted by atomic mass is 9.47. The number of H-pyrrole nitrogens is 1. The molecule has 3 saturated carbocycles. The smallest absolute Gasteiger partial charge is 0.352 e. The number of nitrogens with one attached hydrogen (secondary N) is 2. The highest BCUT2D eigenvalue weighted by Gasteiger charge is 2.60. The van der Waals surface area contributed by atoms with E-state index in [1.165, 1.54) is 5.57 Å². The Bertz CT molecular complexity index is 1520. The molecule has 1 heterocycles. The van der Waals surface area contributed by atoms with E-state index in [9.17, 15) is 24.3 Å². The Labute approximate surface area is 258 Å². The number of ketones is 1. The summed E-state index contributed by atoms with van der Waals surface area (Å²) in [5, 5.41) is 13.2. The third kappa shape index (κ3) is 5.32. The number of amides is 1. The normalized spacial score (nSPS) is 31.0. The third-order valence-corrected chi connectivity index (χ3v) is 11.7. The largest absolute Gasteiger partial charge is 0.497 e. The second-order valence-electron chi connectivity index (χ2n) is 13.9. The third-order valence-electron chi connectivity index (χ3n) is 11.7. The van der Waals surface area contributed by atoms with Gasteiger partial charge < -0.3 is 24.9 Å². The second-order valence-corrected chi connectivity index (χ2v) is 13.9. The summed E-state index contributed by atoms with van der Waals surface area (Å²) in [5.74, 6) is 0.928. The summed E-state index contributed by atoms with van der Waals surface area (Å²) in [6.07, 6.45) is 9.94. The van der Waals surface area contributed by atoms with Gasteiger partial charge in [-0.1, -0.05) is 19.4 Å². The zero-order valence-corrected chi connectivity index (χ0v) is 26.0. The molecule has 0 aliphatic heterocycles. The number of aromatic carboxylic acids is 1. The second kappa shape index (κ2) is 11.7. The molecule has 0 bridgehead atoms. The fourth-order valence-electron chi connectivity index (χ4n) is 9.35. The number of carbonyl (C=O) groups is 4. The van der Waals surface area contributed by atoms with E-state index in [-0.39, 0.29) is 59.7 Å². The van der Waals surface area contributed by atoms with Crippen LogP contribution in [0.3, 0.4) is 0 Å². The van der Waals surface area contributed by atoms with E-state index in [0.717, 1.165) is 50.3 Å². The number of aromatic nitrogens is 1. The molecule has 0 saturated heterocycles. The average Bonchev–Trinajstić information content (AvgIpc) is 3.53. The summed E-state index contributed by atoms with van der Waals surface area (Å²) < 4.78 is 11.4. The molecule has 1 aromatic carbocycles. The minimum atomic E-state index is -1.06. The van der Waals surface area contributed by atoms with Crippen LogP contribution in [-0.2, 0) is 25.5 Å². The Kier molecular flexibility index (Phi) is 8.09. The Hall–Kier alpha value is -3.62. The first kappa shape index (κ1) is 30.4. The Morgan fingerprint density at radius 3 is 2.64 bits per heavy atom. The van der Waals surface area contributed by atoms with E-state index >= 15 is 0 Å². The van der Waals surface area contributed by atoms with Gasteiger partial charge in [-0.3, -0.25) is 14.4 Å². The van der Waals surface area contributed by atoms with Gasteiger partial charge in [-0.05, 0) is 104 Å². The maximum atomic E-state index is 12.9. The first-order valence-electron chi connectivity index (χ1n) is 16.2. The van der Waals surface area contributed by atoms with Crippen LogP contribution in [0.25, 0.3) is 10.9 Å². The van der Waals surface area contributed by atoms with Gasteiger partial charge in [-0.2, -0.15) is 0 Å². The van der Waals surface area contributed by atoms with E-state index in [0.29, 0.717) is 47.4 Å². The Morgan fingerprint density at radius 2 is 1.86 bits per heavy atom. The standard InChI is InChI=1S/C35H44N2O7/c1-34-15-12-21(38)18-20(34)4-6-24-26-7-9-29(35(26,2)16-13-27(24)34)44-31(40)11-10-30(39)36-17-14-23-25-19-22(43-3)5-8-28(25)37-32(23)33(41)42/h5,8,18-19,24,26-27,29,37H,4,6-7,9-17H2,1-3H3,(H,36,39)(H,41,42)/t24-,26+,27+,29+,34-,35-/m0/s1. The minimum absolute atomic E-state index is 0.0139.